The number of nitrogens with two attached hydrogens (primary N) is 1. The minimum Gasteiger partial charge on any atom is -0.364 e. The van der Waals surface area contributed by atoms with Gasteiger partial charge in [-0.1, -0.05) is 32.0 Å². The molecule has 0 spiro atoms. The van der Waals surface area contributed by atoms with Gasteiger partial charge in [-0.15, -0.1) is 15.2 Å². The van der Waals surface area contributed by atoms with Crippen molar-refractivity contribution in [2.75, 3.05) is 0 Å². The SMILES string of the molecule is CC.NC(=O)c1nc(C(=O)c2cn(SF)c3ccccc23)sc1Br. The number of thiazole rings is 1. The number of para-hydroxylation sites is 1. The molecule has 0 radical (unpaired) electrons. The van der Waals surface area contributed by atoms with Crippen molar-refractivity contribution >= 4 is 62.2 Å². The molecule has 0 aliphatic rings. The van der Waals surface area contributed by atoms with Crippen LogP contribution in [0.25, 0.3) is 10.9 Å². The van der Waals surface area contributed by atoms with E-state index < -0.39 is 5.91 Å². The van der Waals surface area contributed by atoms with Crippen molar-refractivity contribution in [3.05, 3.63) is 50.5 Å². The largest absolute Gasteiger partial charge is 0.364 e. The number of rotatable bonds is 4. The van der Waals surface area contributed by atoms with Crippen LogP contribution in [0, 0.1) is 0 Å². The Morgan fingerprint density at radius 3 is 2.58 bits per heavy atom. The Morgan fingerprint density at radius 2 is 2.00 bits per heavy atom. The molecule has 0 bridgehead atoms. The molecule has 0 aliphatic carbocycles. The fourth-order valence-electron chi connectivity index (χ4n) is 2.05. The van der Waals surface area contributed by atoms with Crippen LogP contribution in [0.5, 0.6) is 0 Å². The smallest absolute Gasteiger partial charge is 0.269 e. The van der Waals surface area contributed by atoms with E-state index >= 15 is 0 Å². The molecule has 2 N–H and O–H groups in total. The number of fused-ring (bicyclic) bond motifs is 1. The molecule has 2 heterocycles. The Hall–Kier alpha value is -1.71. The summed E-state index contributed by atoms with van der Waals surface area (Å²) in [5, 5.41) is 0.733. The third-order valence-electron chi connectivity index (χ3n) is 3.01. The number of carbonyl (C=O) groups is 2. The summed E-state index contributed by atoms with van der Waals surface area (Å²) in [6.07, 6.45) is 1.41. The van der Waals surface area contributed by atoms with Gasteiger partial charge in [-0.3, -0.25) is 13.6 Å². The van der Waals surface area contributed by atoms with Gasteiger partial charge < -0.3 is 5.73 Å². The fraction of sp³-hybridized carbons (Fsp3) is 0.133. The second-order valence-electron chi connectivity index (χ2n) is 4.29. The van der Waals surface area contributed by atoms with Crippen LogP contribution < -0.4 is 5.73 Å². The third kappa shape index (κ3) is 3.38. The minimum absolute atomic E-state index is 0.00904. The molecule has 0 saturated heterocycles. The highest BCUT2D eigenvalue weighted by Gasteiger charge is 2.23. The Bertz CT molecular complexity index is 907. The van der Waals surface area contributed by atoms with E-state index in [1.807, 2.05) is 13.8 Å². The molecular weight excluding hydrogens is 417 g/mol. The molecule has 0 atom stereocenters. The summed E-state index contributed by atoms with van der Waals surface area (Å²) >= 11 is 4.19. The molecular formula is C15H13BrFN3O2S2. The lowest BCUT2D eigenvalue weighted by molar-refractivity contribution is 0.0995. The Kier molecular flexibility index (Phi) is 6.14. The highest BCUT2D eigenvalue weighted by Crippen LogP contribution is 2.31. The van der Waals surface area contributed by atoms with E-state index in [9.17, 15) is 13.5 Å². The standard InChI is InChI=1S/C13H7BrFN3O2S2.C2H6/c14-11-9(12(16)20)17-13(21-11)10(19)7-5-18(22-15)8-4-2-1-3-6(7)8;1-2/h1-5H,(H2,16,20);1-2H3. The Balaban J connectivity index is 0.00000100. The summed E-state index contributed by atoms with van der Waals surface area (Å²) in [5.41, 5.74) is 6.11. The maximum absolute atomic E-state index is 13.0. The lowest BCUT2D eigenvalue weighted by atomic mass is 10.1. The second-order valence-corrected chi connectivity index (χ2v) is 7.14. The molecule has 3 aromatic rings. The van der Waals surface area contributed by atoms with Gasteiger partial charge in [0.15, 0.2) is 23.0 Å². The van der Waals surface area contributed by atoms with Crippen molar-refractivity contribution in [3.63, 3.8) is 0 Å². The monoisotopic (exact) mass is 429 g/mol. The zero-order valence-corrected chi connectivity index (χ0v) is 16.0. The second kappa shape index (κ2) is 7.91. The molecule has 2 aromatic heterocycles. The maximum atomic E-state index is 13.0. The lowest BCUT2D eigenvalue weighted by Crippen LogP contribution is -2.12. The van der Waals surface area contributed by atoms with E-state index in [4.69, 9.17) is 5.73 Å². The van der Waals surface area contributed by atoms with Crippen LogP contribution in [0.4, 0.5) is 3.89 Å². The minimum atomic E-state index is -0.719. The van der Waals surface area contributed by atoms with Gasteiger partial charge in [0.05, 0.1) is 11.1 Å². The van der Waals surface area contributed by atoms with E-state index in [0.717, 1.165) is 11.3 Å². The van der Waals surface area contributed by atoms with Crippen LogP contribution in [0.3, 0.4) is 0 Å². The predicted molar refractivity (Wildman–Crippen MR) is 99.1 cm³/mol. The van der Waals surface area contributed by atoms with Crippen molar-refractivity contribution < 1.29 is 13.5 Å². The van der Waals surface area contributed by atoms with Gasteiger partial charge in [-0.05, 0) is 22.0 Å². The van der Waals surface area contributed by atoms with Crippen molar-refractivity contribution in [3.8, 4) is 0 Å². The summed E-state index contributed by atoms with van der Waals surface area (Å²) in [7, 11) is 0. The number of halogens is 2. The quantitative estimate of drug-likeness (QED) is 0.614. The Morgan fingerprint density at radius 1 is 1.33 bits per heavy atom. The first-order valence-corrected chi connectivity index (χ1v) is 9.21. The maximum Gasteiger partial charge on any atom is 0.269 e. The number of hydrogen-bond donors (Lipinski definition) is 1. The van der Waals surface area contributed by atoms with Crippen LogP contribution in [0.1, 0.15) is 39.7 Å². The number of ketones is 1. The molecule has 0 unspecified atom stereocenters. The van der Waals surface area contributed by atoms with E-state index in [1.54, 1.807) is 24.3 Å². The number of benzene rings is 1. The zero-order chi connectivity index (χ0) is 17.9. The predicted octanol–water partition coefficient (Wildman–Crippen LogP) is 4.60. The first-order chi connectivity index (χ1) is 11.5. The van der Waals surface area contributed by atoms with Crippen molar-refractivity contribution in [1.29, 1.82) is 0 Å². The van der Waals surface area contributed by atoms with Gasteiger partial charge in [-0.25, -0.2) is 4.98 Å². The average Bonchev–Trinajstić information content (AvgIpc) is 3.17. The first-order valence-electron chi connectivity index (χ1n) is 6.93. The molecule has 3 rings (SSSR count). The van der Waals surface area contributed by atoms with Gasteiger partial charge in [0.25, 0.3) is 5.91 Å². The van der Waals surface area contributed by atoms with Crippen LogP contribution in [-0.2, 0) is 0 Å². The molecule has 0 fully saturated rings. The van der Waals surface area contributed by atoms with Gasteiger partial charge in [0.1, 0.15) is 3.79 Å². The van der Waals surface area contributed by atoms with E-state index in [1.165, 1.54) is 10.2 Å². The molecule has 9 heteroatoms. The van der Waals surface area contributed by atoms with Crippen LogP contribution >= 0.6 is 39.6 Å². The van der Waals surface area contributed by atoms with Gasteiger partial charge in [-0.2, -0.15) is 0 Å². The molecule has 0 saturated carbocycles. The molecule has 24 heavy (non-hydrogen) atoms. The van der Waals surface area contributed by atoms with Crippen LogP contribution in [0.15, 0.2) is 34.2 Å². The van der Waals surface area contributed by atoms with E-state index in [0.29, 0.717) is 20.3 Å². The Labute approximate surface area is 154 Å². The summed E-state index contributed by atoms with van der Waals surface area (Å²) in [5.74, 6) is -1.11. The number of primary amides is 1. The summed E-state index contributed by atoms with van der Waals surface area (Å²) in [6.45, 7) is 4.00. The normalized spacial score (nSPS) is 10.3. The van der Waals surface area contributed by atoms with E-state index in [2.05, 4.69) is 20.9 Å². The third-order valence-corrected chi connectivity index (χ3v) is 5.16. The number of hydrogen-bond acceptors (Lipinski definition) is 5. The summed E-state index contributed by atoms with van der Waals surface area (Å²) in [4.78, 5) is 27.8. The number of carbonyl (C=O) groups excluding carboxylic acids is 2. The fourth-order valence-corrected chi connectivity index (χ4v) is 3.93. The molecule has 5 nitrogen and oxygen atoms in total. The molecule has 1 amide bonds. The van der Waals surface area contributed by atoms with Gasteiger partial charge >= 0.3 is 0 Å². The summed E-state index contributed by atoms with van der Waals surface area (Å²) < 4.78 is 14.7. The molecule has 0 aliphatic heterocycles. The van der Waals surface area contributed by atoms with Crippen molar-refractivity contribution in [1.82, 2.24) is 8.96 Å². The number of nitrogens with zero attached hydrogens (tertiary/aromatic N) is 2. The first kappa shape index (κ1) is 18.6. The topological polar surface area (TPSA) is 78.0 Å². The molecule has 1 aromatic carbocycles. The highest BCUT2D eigenvalue weighted by atomic mass is 79.9. The van der Waals surface area contributed by atoms with Crippen LogP contribution in [-0.4, -0.2) is 20.6 Å². The highest BCUT2D eigenvalue weighted by molar-refractivity contribution is 9.11. The number of amides is 1. The van der Waals surface area contributed by atoms with Crippen molar-refractivity contribution in [2.45, 2.75) is 13.8 Å². The average molecular weight is 430 g/mol. The number of aromatic nitrogens is 2. The van der Waals surface area contributed by atoms with Gasteiger partial charge in [0.2, 0.25) is 5.78 Å². The van der Waals surface area contributed by atoms with Crippen LogP contribution in [0.2, 0.25) is 0 Å². The van der Waals surface area contributed by atoms with Gasteiger partial charge in [0, 0.05) is 11.6 Å². The van der Waals surface area contributed by atoms with E-state index in [-0.39, 0.29) is 28.8 Å². The summed E-state index contributed by atoms with van der Waals surface area (Å²) in [6, 6.07) is 6.96. The molecule has 126 valence electrons. The lowest BCUT2D eigenvalue weighted by Gasteiger charge is -1.94. The van der Waals surface area contributed by atoms with Crippen molar-refractivity contribution in [2.24, 2.45) is 5.73 Å². The zero-order valence-electron chi connectivity index (χ0n) is 12.7.